The van der Waals surface area contributed by atoms with Crippen LogP contribution in [0.3, 0.4) is 0 Å². The highest BCUT2D eigenvalue weighted by Crippen LogP contribution is 2.07. The normalized spacial score (nSPS) is 22.2. The SMILES string of the molecule is Cn1ncnc1CN1CCNCC1C(N)=O. The summed E-state index contributed by atoms with van der Waals surface area (Å²) in [5.74, 6) is 0.544. The molecule has 1 aliphatic heterocycles. The van der Waals surface area contributed by atoms with Crippen LogP contribution in [0.1, 0.15) is 5.82 Å². The molecule has 1 amide bonds. The monoisotopic (exact) mass is 224 g/mol. The molecule has 1 aromatic rings. The molecule has 7 nitrogen and oxygen atoms in total. The minimum absolute atomic E-state index is 0.259. The molecule has 0 bridgehead atoms. The van der Waals surface area contributed by atoms with Crippen molar-refractivity contribution < 1.29 is 4.79 Å². The second kappa shape index (κ2) is 4.58. The summed E-state index contributed by atoms with van der Waals surface area (Å²) in [7, 11) is 1.84. The third-order valence-electron chi connectivity index (χ3n) is 2.83. The van der Waals surface area contributed by atoms with Crippen LogP contribution in [0.25, 0.3) is 0 Å². The van der Waals surface area contributed by atoms with E-state index in [2.05, 4.69) is 15.4 Å². The number of primary amides is 1. The van der Waals surface area contributed by atoms with Gasteiger partial charge in [0, 0.05) is 26.7 Å². The first-order chi connectivity index (χ1) is 7.68. The second-order valence-corrected chi connectivity index (χ2v) is 3.89. The fourth-order valence-electron chi connectivity index (χ4n) is 1.86. The number of nitrogens with zero attached hydrogens (tertiary/aromatic N) is 4. The van der Waals surface area contributed by atoms with Gasteiger partial charge in [-0.3, -0.25) is 14.4 Å². The highest BCUT2D eigenvalue weighted by atomic mass is 16.1. The molecule has 2 rings (SSSR count). The number of amides is 1. The number of rotatable bonds is 3. The molecule has 1 aliphatic rings. The maximum Gasteiger partial charge on any atom is 0.236 e. The molecule has 0 saturated carbocycles. The minimum atomic E-state index is -0.297. The van der Waals surface area contributed by atoms with Crippen molar-refractivity contribution in [3.8, 4) is 0 Å². The Labute approximate surface area is 93.6 Å². The smallest absolute Gasteiger partial charge is 0.236 e. The quantitative estimate of drug-likeness (QED) is 0.624. The van der Waals surface area contributed by atoms with E-state index in [0.717, 1.165) is 18.9 Å². The largest absolute Gasteiger partial charge is 0.368 e. The average molecular weight is 224 g/mol. The number of hydrogen-bond donors (Lipinski definition) is 2. The van der Waals surface area contributed by atoms with Crippen LogP contribution in [0.4, 0.5) is 0 Å². The Morgan fingerprint density at radius 1 is 1.75 bits per heavy atom. The van der Waals surface area contributed by atoms with Gasteiger partial charge in [-0.1, -0.05) is 0 Å². The fraction of sp³-hybridized carbons (Fsp3) is 0.667. The van der Waals surface area contributed by atoms with E-state index in [1.165, 1.54) is 6.33 Å². The molecule has 1 unspecified atom stereocenters. The van der Waals surface area contributed by atoms with Crippen molar-refractivity contribution in [3.63, 3.8) is 0 Å². The van der Waals surface area contributed by atoms with Crippen LogP contribution < -0.4 is 11.1 Å². The van der Waals surface area contributed by atoms with E-state index < -0.39 is 0 Å². The van der Waals surface area contributed by atoms with Gasteiger partial charge >= 0.3 is 0 Å². The Balaban J connectivity index is 2.07. The number of carbonyl (C=O) groups is 1. The standard InChI is InChI=1S/C9H16N6O/c1-14-8(12-6-13-14)5-15-3-2-11-4-7(15)9(10)16/h6-7,11H,2-5H2,1H3,(H2,10,16). The summed E-state index contributed by atoms with van der Waals surface area (Å²) in [4.78, 5) is 17.4. The van der Waals surface area contributed by atoms with Crippen LogP contribution >= 0.6 is 0 Å². The Morgan fingerprint density at radius 2 is 2.56 bits per heavy atom. The van der Waals surface area contributed by atoms with Crippen molar-refractivity contribution in [2.24, 2.45) is 12.8 Å². The maximum absolute atomic E-state index is 11.3. The first-order valence-corrected chi connectivity index (χ1v) is 5.25. The molecule has 0 aromatic carbocycles. The van der Waals surface area contributed by atoms with Crippen LogP contribution in [0.2, 0.25) is 0 Å². The van der Waals surface area contributed by atoms with Crippen molar-refractivity contribution in [2.75, 3.05) is 19.6 Å². The van der Waals surface area contributed by atoms with Crippen molar-refractivity contribution in [1.29, 1.82) is 0 Å². The Hall–Kier alpha value is -1.47. The predicted octanol–water partition coefficient (Wildman–Crippen LogP) is -1.93. The Morgan fingerprint density at radius 3 is 3.19 bits per heavy atom. The van der Waals surface area contributed by atoms with E-state index in [-0.39, 0.29) is 11.9 Å². The number of nitrogens with two attached hydrogens (primary N) is 1. The summed E-state index contributed by atoms with van der Waals surface area (Å²) in [6.45, 7) is 2.86. The van der Waals surface area contributed by atoms with Gasteiger partial charge in [0.15, 0.2) is 0 Å². The van der Waals surface area contributed by atoms with E-state index in [1.807, 2.05) is 11.9 Å². The fourth-order valence-corrected chi connectivity index (χ4v) is 1.86. The zero-order valence-electron chi connectivity index (χ0n) is 9.26. The topological polar surface area (TPSA) is 89.1 Å². The van der Waals surface area contributed by atoms with Gasteiger partial charge in [0.25, 0.3) is 0 Å². The highest BCUT2D eigenvalue weighted by Gasteiger charge is 2.27. The number of aryl methyl sites for hydroxylation is 1. The molecule has 7 heteroatoms. The van der Waals surface area contributed by atoms with Crippen molar-refractivity contribution in [3.05, 3.63) is 12.2 Å². The lowest BCUT2D eigenvalue weighted by Gasteiger charge is -2.33. The lowest BCUT2D eigenvalue weighted by atomic mass is 10.2. The van der Waals surface area contributed by atoms with Gasteiger partial charge in [0.05, 0.1) is 6.54 Å². The molecule has 1 aromatic heterocycles. The zero-order chi connectivity index (χ0) is 11.5. The third kappa shape index (κ3) is 2.20. The average Bonchev–Trinajstić information content (AvgIpc) is 2.65. The van der Waals surface area contributed by atoms with Crippen LogP contribution in [-0.4, -0.2) is 51.2 Å². The Kier molecular flexibility index (Phi) is 3.16. The van der Waals surface area contributed by atoms with Crippen molar-refractivity contribution in [1.82, 2.24) is 25.0 Å². The molecule has 0 spiro atoms. The summed E-state index contributed by atoms with van der Waals surface area (Å²) >= 11 is 0. The van der Waals surface area contributed by atoms with Gasteiger partial charge in [-0.05, 0) is 0 Å². The molecular formula is C9H16N6O. The van der Waals surface area contributed by atoms with Crippen LogP contribution in [0.5, 0.6) is 0 Å². The molecule has 3 N–H and O–H groups in total. The molecule has 88 valence electrons. The molecule has 1 fully saturated rings. The summed E-state index contributed by atoms with van der Waals surface area (Å²) in [6, 6.07) is -0.259. The minimum Gasteiger partial charge on any atom is -0.368 e. The summed E-state index contributed by atoms with van der Waals surface area (Å²) in [5.41, 5.74) is 5.36. The van der Waals surface area contributed by atoms with Gasteiger partial charge < -0.3 is 11.1 Å². The summed E-state index contributed by atoms with van der Waals surface area (Å²) < 4.78 is 1.71. The lowest BCUT2D eigenvalue weighted by molar-refractivity contribution is -0.124. The van der Waals surface area contributed by atoms with Crippen LogP contribution in [-0.2, 0) is 18.4 Å². The van der Waals surface area contributed by atoms with Gasteiger partial charge in [-0.2, -0.15) is 5.10 Å². The summed E-state index contributed by atoms with van der Waals surface area (Å²) in [6.07, 6.45) is 1.51. The number of piperazine rings is 1. The van der Waals surface area contributed by atoms with Crippen molar-refractivity contribution in [2.45, 2.75) is 12.6 Å². The molecule has 1 atom stereocenters. The van der Waals surface area contributed by atoms with E-state index >= 15 is 0 Å². The predicted molar refractivity (Wildman–Crippen MR) is 57.3 cm³/mol. The van der Waals surface area contributed by atoms with Gasteiger partial charge in [0.1, 0.15) is 18.2 Å². The first-order valence-electron chi connectivity index (χ1n) is 5.25. The van der Waals surface area contributed by atoms with E-state index in [9.17, 15) is 4.79 Å². The molecule has 16 heavy (non-hydrogen) atoms. The van der Waals surface area contributed by atoms with E-state index in [4.69, 9.17) is 5.73 Å². The number of carbonyl (C=O) groups excluding carboxylic acids is 1. The number of aromatic nitrogens is 3. The second-order valence-electron chi connectivity index (χ2n) is 3.89. The lowest BCUT2D eigenvalue weighted by Crippen LogP contribution is -2.56. The van der Waals surface area contributed by atoms with E-state index in [1.54, 1.807) is 4.68 Å². The van der Waals surface area contributed by atoms with Crippen LogP contribution in [0.15, 0.2) is 6.33 Å². The Bertz CT molecular complexity index is 376. The molecule has 0 radical (unpaired) electrons. The molecular weight excluding hydrogens is 208 g/mol. The van der Waals surface area contributed by atoms with Gasteiger partial charge in [-0.15, -0.1) is 0 Å². The molecule has 0 aliphatic carbocycles. The van der Waals surface area contributed by atoms with Crippen LogP contribution in [0, 0.1) is 0 Å². The number of nitrogens with one attached hydrogen (secondary N) is 1. The zero-order valence-corrected chi connectivity index (χ0v) is 9.26. The van der Waals surface area contributed by atoms with Crippen molar-refractivity contribution >= 4 is 5.91 Å². The summed E-state index contributed by atoms with van der Waals surface area (Å²) in [5, 5.41) is 7.15. The first kappa shape index (κ1) is 11.0. The molecule has 2 heterocycles. The maximum atomic E-state index is 11.3. The van der Waals surface area contributed by atoms with Gasteiger partial charge in [0.2, 0.25) is 5.91 Å². The molecule has 1 saturated heterocycles. The third-order valence-corrected chi connectivity index (χ3v) is 2.83. The highest BCUT2D eigenvalue weighted by molar-refractivity contribution is 5.80. The van der Waals surface area contributed by atoms with E-state index in [0.29, 0.717) is 13.1 Å². The number of hydrogen-bond acceptors (Lipinski definition) is 5. The van der Waals surface area contributed by atoms with Gasteiger partial charge in [-0.25, -0.2) is 4.98 Å².